The molecule has 9 heterocycles. The number of hydrazine groups is 1. The van der Waals surface area contributed by atoms with E-state index >= 15 is 4.39 Å². The molecule has 7 aliphatic rings. The number of ether oxygens (including phenoxy) is 1. The summed E-state index contributed by atoms with van der Waals surface area (Å²) in [5.74, 6) is 0.437. The highest BCUT2D eigenvalue weighted by Gasteiger charge is 2.50. The molecule has 0 amide bonds. The number of fused-ring (bicyclic) bond motifs is 4. The minimum Gasteiger partial charge on any atom is -0.461 e. The van der Waals surface area contributed by atoms with Gasteiger partial charge in [0.15, 0.2) is 5.82 Å². The summed E-state index contributed by atoms with van der Waals surface area (Å²) in [6, 6.07) is 0.264. The van der Waals surface area contributed by atoms with E-state index in [1.807, 2.05) is 4.68 Å². The molecule has 246 valence electrons. The van der Waals surface area contributed by atoms with E-state index in [-0.39, 0.29) is 52.8 Å². The molecule has 5 unspecified atom stereocenters. The van der Waals surface area contributed by atoms with Crippen LogP contribution in [0.3, 0.4) is 0 Å². The molecule has 3 aromatic heterocycles. The Hall–Kier alpha value is -2.74. The Morgan fingerprint density at radius 2 is 2.04 bits per heavy atom. The average molecular weight is 655 g/mol. The van der Waals surface area contributed by atoms with Gasteiger partial charge >= 0.3 is 6.01 Å². The van der Waals surface area contributed by atoms with Crippen molar-refractivity contribution >= 4 is 28.3 Å². The molecule has 1 aliphatic carbocycles. The van der Waals surface area contributed by atoms with Crippen LogP contribution in [0.1, 0.15) is 62.3 Å². The van der Waals surface area contributed by atoms with Gasteiger partial charge in [-0.05, 0) is 69.2 Å². The van der Waals surface area contributed by atoms with Crippen molar-refractivity contribution in [1.82, 2.24) is 45.7 Å². The first-order valence-electron chi connectivity index (χ1n) is 17.1. The SMILES string of the molecule is Fc1c2ncc3c(nc(OC[C@@]45CCCN4C[C@H](F)C5)nc13)N1CCC[C@H](C1)Cn1cc(nn1)CCC1C(Cl)CC3NNCC3C21. The fraction of sp³-hybridized carbons (Fsp3) is 0.719. The van der Waals surface area contributed by atoms with Crippen molar-refractivity contribution in [3.05, 3.63) is 29.6 Å². The summed E-state index contributed by atoms with van der Waals surface area (Å²) in [5, 5.41) is 9.42. The normalized spacial score (nSPS) is 35.9. The van der Waals surface area contributed by atoms with Crippen molar-refractivity contribution in [3.63, 3.8) is 0 Å². The fourth-order valence-electron chi connectivity index (χ4n) is 9.64. The summed E-state index contributed by atoms with van der Waals surface area (Å²) in [7, 11) is 0. The lowest BCUT2D eigenvalue weighted by Crippen LogP contribution is -2.45. The Balaban J connectivity index is 1.16. The molecule has 0 aromatic carbocycles. The largest absolute Gasteiger partial charge is 0.461 e. The Morgan fingerprint density at radius 3 is 2.98 bits per heavy atom. The average Bonchev–Trinajstić information content (AvgIpc) is 3.83. The third-order valence-corrected chi connectivity index (χ3v) is 12.3. The van der Waals surface area contributed by atoms with E-state index in [1.165, 1.54) is 0 Å². The highest BCUT2D eigenvalue weighted by molar-refractivity contribution is 6.21. The minimum atomic E-state index is -0.862. The molecule has 8 atom stereocenters. The number of pyridine rings is 1. The van der Waals surface area contributed by atoms with Gasteiger partial charge in [-0.15, -0.1) is 16.7 Å². The molecular formula is C32H41ClF2N10O. The zero-order valence-electron chi connectivity index (χ0n) is 25.9. The fourth-order valence-corrected chi connectivity index (χ4v) is 10.1. The molecule has 6 aliphatic heterocycles. The topological polar surface area (TPSA) is 109 Å². The van der Waals surface area contributed by atoms with E-state index in [0.717, 1.165) is 76.8 Å². The summed E-state index contributed by atoms with van der Waals surface area (Å²) in [5.41, 5.74) is 7.90. The first kappa shape index (κ1) is 29.4. The quantitative estimate of drug-likeness (QED) is 0.408. The molecule has 4 saturated heterocycles. The molecule has 1 saturated carbocycles. The van der Waals surface area contributed by atoms with Crippen LogP contribution in [0.5, 0.6) is 6.01 Å². The van der Waals surface area contributed by atoms with Gasteiger partial charge in [-0.1, -0.05) is 5.21 Å². The summed E-state index contributed by atoms with van der Waals surface area (Å²) in [6.07, 6.45) is 9.61. The van der Waals surface area contributed by atoms with Gasteiger partial charge in [0.25, 0.3) is 0 Å². The van der Waals surface area contributed by atoms with E-state index in [4.69, 9.17) is 31.3 Å². The lowest BCUT2D eigenvalue weighted by molar-refractivity contribution is 0.107. The predicted octanol–water partition coefficient (Wildman–Crippen LogP) is 3.38. The van der Waals surface area contributed by atoms with Crippen LogP contribution in [0.25, 0.3) is 10.9 Å². The van der Waals surface area contributed by atoms with Crippen LogP contribution >= 0.6 is 11.6 Å². The van der Waals surface area contributed by atoms with Crippen molar-refractivity contribution < 1.29 is 13.5 Å². The first-order valence-corrected chi connectivity index (χ1v) is 17.5. The monoisotopic (exact) mass is 654 g/mol. The van der Waals surface area contributed by atoms with Crippen molar-refractivity contribution in [2.45, 2.75) is 87.0 Å². The molecule has 3 aromatic rings. The minimum absolute atomic E-state index is 0.00857. The molecule has 2 N–H and O–H groups in total. The van der Waals surface area contributed by atoms with Crippen molar-refractivity contribution in [2.75, 3.05) is 44.2 Å². The van der Waals surface area contributed by atoms with Gasteiger partial charge in [-0.2, -0.15) is 9.97 Å². The summed E-state index contributed by atoms with van der Waals surface area (Å²) >= 11 is 7.13. The third-order valence-electron chi connectivity index (χ3n) is 11.8. The Labute approximate surface area is 271 Å². The number of aromatic nitrogens is 6. The maximum absolute atomic E-state index is 17.2. The Bertz CT molecular complexity index is 1630. The van der Waals surface area contributed by atoms with Crippen molar-refractivity contribution in [2.24, 2.45) is 17.8 Å². The number of piperidine rings is 1. The molecule has 0 spiro atoms. The van der Waals surface area contributed by atoms with Gasteiger partial charge < -0.3 is 9.64 Å². The van der Waals surface area contributed by atoms with Crippen LogP contribution in [0, 0.1) is 23.6 Å². The van der Waals surface area contributed by atoms with Gasteiger partial charge in [0.2, 0.25) is 0 Å². The Morgan fingerprint density at radius 1 is 1.11 bits per heavy atom. The number of hydrogen-bond acceptors (Lipinski definition) is 10. The second-order valence-electron chi connectivity index (χ2n) is 14.6. The summed E-state index contributed by atoms with van der Waals surface area (Å²) < 4.78 is 40.0. The van der Waals surface area contributed by atoms with E-state index in [9.17, 15) is 4.39 Å². The Kier molecular flexibility index (Phi) is 7.32. The zero-order chi connectivity index (χ0) is 31.0. The van der Waals surface area contributed by atoms with Crippen LogP contribution in [0.15, 0.2) is 12.4 Å². The van der Waals surface area contributed by atoms with Crippen LogP contribution in [-0.2, 0) is 13.0 Å². The number of rotatable bonds is 3. The van der Waals surface area contributed by atoms with E-state index < -0.39 is 12.0 Å². The zero-order valence-corrected chi connectivity index (χ0v) is 26.7. The standard InChI is InChI=1S/C32H41ClF2N10O/c33-24-9-25-22(12-37-41-25)26-21(24)5-4-20-16-45(42-40-20)14-18-3-1-7-43(13-18)30-23-11-36-29(26)27(35)28(23)38-31(39-30)46-17-32-6-2-8-44(32)15-19(34)10-32/h11,16,18-19,21-22,24-26,37,41H,1-10,12-15,17H2/t18-,19-,21?,22?,24?,25?,26?,32+/m1/s1. The highest BCUT2D eigenvalue weighted by Crippen LogP contribution is 2.48. The number of hydrogen-bond donors (Lipinski definition) is 2. The summed E-state index contributed by atoms with van der Waals surface area (Å²) in [4.78, 5) is 19.0. The van der Waals surface area contributed by atoms with Crippen molar-refractivity contribution in [3.8, 4) is 6.01 Å². The molecule has 8 bridgehead atoms. The smallest absolute Gasteiger partial charge is 0.319 e. The molecule has 0 radical (unpaired) electrons. The van der Waals surface area contributed by atoms with Crippen LogP contribution in [-0.4, -0.2) is 97.3 Å². The number of nitrogens with zero attached hydrogens (tertiary/aromatic N) is 8. The molecule has 14 heteroatoms. The predicted molar refractivity (Wildman–Crippen MR) is 168 cm³/mol. The van der Waals surface area contributed by atoms with E-state index in [2.05, 4.69) is 37.2 Å². The second kappa shape index (κ2) is 11.5. The van der Waals surface area contributed by atoms with Crippen LogP contribution < -0.4 is 20.5 Å². The number of halogens is 3. The molecule has 11 nitrogen and oxygen atoms in total. The molecular weight excluding hydrogens is 614 g/mol. The van der Waals surface area contributed by atoms with Gasteiger partial charge in [0.1, 0.15) is 24.1 Å². The van der Waals surface area contributed by atoms with Gasteiger partial charge in [0.05, 0.1) is 22.3 Å². The van der Waals surface area contributed by atoms with Gasteiger partial charge in [-0.25, -0.2) is 8.78 Å². The van der Waals surface area contributed by atoms with Crippen molar-refractivity contribution in [1.29, 1.82) is 0 Å². The number of aryl methyl sites for hydroxylation is 1. The third kappa shape index (κ3) is 4.95. The molecule has 5 fully saturated rings. The number of nitrogens with one attached hydrogen (secondary N) is 2. The van der Waals surface area contributed by atoms with E-state index in [1.54, 1.807) is 6.20 Å². The maximum Gasteiger partial charge on any atom is 0.319 e. The van der Waals surface area contributed by atoms with Crippen LogP contribution in [0.2, 0.25) is 0 Å². The summed E-state index contributed by atoms with van der Waals surface area (Å²) in [6.45, 7) is 4.58. The first-order chi connectivity index (χ1) is 22.4. The number of anilines is 1. The highest BCUT2D eigenvalue weighted by atomic mass is 35.5. The van der Waals surface area contributed by atoms with Crippen LogP contribution in [0.4, 0.5) is 14.6 Å². The molecule has 10 rings (SSSR count). The van der Waals surface area contributed by atoms with Gasteiger partial charge in [-0.3, -0.25) is 25.4 Å². The lowest BCUT2D eigenvalue weighted by atomic mass is 9.66. The second-order valence-corrected chi connectivity index (χ2v) is 15.1. The maximum atomic E-state index is 17.2. The lowest BCUT2D eigenvalue weighted by Gasteiger charge is -2.42. The molecule has 46 heavy (non-hydrogen) atoms. The number of alkyl halides is 2. The van der Waals surface area contributed by atoms with E-state index in [0.29, 0.717) is 42.3 Å². The van der Waals surface area contributed by atoms with Gasteiger partial charge in [0, 0.05) is 68.9 Å².